The summed E-state index contributed by atoms with van der Waals surface area (Å²) in [7, 11) is 0. The first-order valence-electron chi connectivity index (χ1n) is 5.41. The predicted octanol–water partition coefficient (Wildman–Crippen LogP) is 2.76. The quantitative estimate of drug-likeness (QED) is 0.655. The lowest BCUT2D eigenvalue weighted by Gasteiger charge is -2.26. The van der Waals surface area contributed by atoms with Crippen LogP contribution in [0.15, 0.2) is 18.2 Å². The molecular formula is C11H14F3N3O2. The first kappa shape index (κ1) is 15.2. The summed E-state index contributed by atoms with van der Waals surface area (Å²) in [6, 6.07) is 2.78. The second kappa shape index (κ2) is 5.04. The zero-order chi connectivity index (χ0) is 14.8. The first-order valence-corrected chi connectivity index (χ1v) is 5.41. The fourth-order valence-electron chi connectivity index (χ4n) is 1.44. The van der Waals surface area contributed by atoms with Gasteiger partial charge in [-0.1, -0.05) is 0 Å². The number of nitrogens with zero attached hydrogens (tertiary/aromatic N) is 1. The summed E-state index contributed by atoms with van der Waals surface area (Å²) >= 11 is 0. The number of hydrogen-bond donors (Lipinski definition) is 2. The molecule has 8 heteroatoms. The van der Waals surface area contributed by atoms with Crippen molar-refractivity contribution in [3.05, 3.63) is 33.9 Å². The molecule has 0 saturated heterocycles. The van der Waals surface area contributed by atoms with E-state index in [-0.39, 0.29) is 12.2 Å². The molecule has 0 aliphatic carbocycles. The van der Waals surface area contributed by atoms with Crippen molar-refractivity contribution in [1.29, 1.82) is 0 Å². The predicted molar refractivity (Wildman–Crippen MR) is 64.9 cm³/mol. The Morgan fingerprint density at radius 1 is 1.37 bits per heavy atom. The minimum Gasteiger partial charge on any atom is -0.379 e. The number of alkyl halides is 3. The van der Waals surface area contributed by atoms with Crippen LogP contribution in [0.2, 0.25) is 0 Å². The van der Waals surface area contributed by atoms with Crippen LogP contribution >= 0.6 is 0 Å². The van der Waals surface area contributed by atoms with Crippen LogP contribution < -0.4 is 11.1 Å². The number of nitro groups is 1. The molecule has 0 aliphatic rings. The Kier molecular flexibility index (Phi) is 4.04. The van der Waals surface area contributed by atoms with Crippen LogP contribution in [0.3, 0.4) is 0 Å². The number of halogens is 3. The monoisotopic (exact) mass is 277 g/mol. The van der Waals surface area contributed by atoms with Crippen LogP contribution in [0.25, 0.3) is 0 Å². The van der Waals surface area contributed by atoms with E-state index in [9.17, 15) is 23.3 Å². The largest absolute Gasteiger partial charge is 0.423 e. The highest BCUT2D eigenvalue weighted by Crippen LogP contribution is 2.37. The van der Waals surface area contributed by atoms with Gasteiger partial charge in [0.2, 0.25) is 0 Å². The lowest BCUT2D eigenvalue weighted by Crippen LogP contribution is -2.39. The number of nitrogens with one attached hydrogen (secondary N) is 1. The van der Waals surface area contributed by atoms with Gasteiger partial charge in [0.15, 0.2) is 0 Å². The van der Waals surface area contributed by atoms with Crippen molar-refractivity contribution in [2.24, 2.45) is 5.73 Å². The van der Waals surface area contributed by atoms with Gasteiger partial charge in [-0.15, -0.1) is 0 Å². The van der Waals surface area contributed by atoms with Gasteiger partial charge in [0, 0.05) is 23.8 Å². The van der Waals surface area contributed by atoms with Gasteiger partial charge in [-0.2, -0.15) is 13.2 Å². The third kappa shape index (κ3) is 3.82. The molecule has 0 unspecified atom stereocenters. The zero-order valence-electron chi connectivity index (χ0n) is 10.4. The number of rotatable bonds is 4. The van der Waals surface area contributed by atoms with Crippen molar-refractivity contribution in [2.45, 2.75) is 25.6 Å². The van der Waals surface area contributed by atoms with Crippen LogP contribution in [0, 0.1) is 10.1 Å². The van der Waals surface area contributed by atoms with Crippen molar-refractivity contribution < 1.29 is 18.1 Å². The summed E-state index contributed by atoms with van der Waals surface area (Å²) in [6.07, 6.45) is -4.78. The van der Waals surface area contributed by atoms with E-state index in [2.05, 4.69) is 5.32 Å². The maximum absolute atomic E-state index is 12.7. The third-order valence-corrected chi connectivity index (χ3v) is 2.49. The molecule has 19 heavy (non-hydrogen) atoms. The molecule has 0 aromatic heterocycles. The number of nitrogens with two attached hydrogens (primary N) is 1. The van der Waals surface area contributed by atoms with Crippen molar-refractivity contribution in [3.8, 4) is 0 Å². The fraction of sp³-hybridized carbons (Fsp3) is 0.455. The second-order valence-electron chi connectivity index (χ2n) is 4.70. The van der Waals surface area contributed by atoms with E-state index in [1.807, 2.05) is 0 Å². The molecule has 0 amide bonds. The van der Waals surface area contributed by atoms with Crippen LogP contribution in [-0.4, -0.2) is 17.0 Å². The average Bonchev–Trinajstić information content (AvgIpc) is 2.27. The maximum Gasteiger partial charge on any atom is 0.423 e. The van der Waals surface area contributed by atoms with Crippen molar-refractivity contribution in [1.82, 2.24) is 0 Å². The Labute approximate surface area is 107 Å². The van der Waals surface area contributed by atoms with Crippen LogP contribution in [0.5, 0.6) is 0 Å². The van der Waals surface area contributed by atoms with Gasteiger partial charge in [-0.3, -0.25) is 10.1 Å². The Morgan fingerprint density at radius 3 is 2.37 bits per heavy atom. The van der Waals surface area contributed by atoms with E-state index in [0.29, 0.717) is 0 Å². The van der Waals surface area contributed by atoms with Gasteiger partial charge in [0.25, 0.3) is 5.69 Å². The lowest BCUT2D eigenvalue weighted by atomic mass is 10.0. The second-order valence-corrected chi connectivity index (χ2v) is 4.70. The molecule has 0 saturated carbocycles. The summed E-state index contributed by atoms with van der Waals surface area (Å²) in [5, 5.41) is 13.4. The van der Waals surface area contributed by atoms with Gasteiger partial charge >= 0.3 is 6.18 Å². The molecule has 0 bridgehead atoms. The Balaban J connectivity index is 3.23. The number of nitro benzene ring substituents is 1. The van der Waals surface area contributed by atoms with E-state index in [0.717, 1.165) is 12.1 Å². The van der Waals surface area contributed by atoms with Crippen LogP contribution in [0.4, 0.5) is 24.5 Å². The molecule has 1 aromatic carbocycles. The van der Waals surface area contributed by atoms with E-state index >= 15 is 0 Å². The minimum absolute atomic E-state index is 0.133. The standard InChI is InChI=1S/C11H14F3N3O2/c1-10(2,6-15)16-7-3-4-9(17(18)19)8(5-7)11(12,13)14/h3-5,16H,6,15H2,1-2H3. The summed E-state index contributed by atoms with van der Waals surface area (Å²) in [5.41, 5.74) is 2.73. The summed E-state index contributed by atoms with van der Waals surface area (Å²) in [4.78, 5) is 9.53. The highest BCUT2D eigenvalue weighted by atomic mass is 19.4. The lowest BCUT2D eigenvalue weighted by molar-refractivity contribution is -0.388. The molecule has 1 aromatic rings. The molecule has 0 heterocycles. The molecule has 1 rings (SSSR count). The molecule has 3 N–H and O–H groups in total. The van der Waals surface area contributed by atoms with Crippen LogP contribution in [-0.2, 0) is 6.18 Å². The van der Waals surface area contributed by atoms with Crippen LogP contribution in [0.1, 0.15) is 19.4 Å². The normalized spacial score (nSPS) is 12.3. The Hall–Kier alpha value is -1.83. The summed E-state index contributed by atoms with van der Waals surface area (Å²) in [6.45, 7) is 3.62. The summed E-state index contributed by atoms with van der Waals surface area (Å²) < 4.78 is 38.2. The van der Waals surface area contributed by atoms with Gasteiger partial charge in [0.1, 0.15) is 5.56 Å². The molecule has 5 nitrogen and oxygen atoms in total. The van der Waals surface area contributed by atoms with Gasteiger partial charge < -0.3 is 11.1 Å². The average molecular weight is 277 g/mol. The van der Waals surface area contributed by atoms with Gasteiger partial charge in [-0.25, -0.2) is 0 Å². The molecule has 0 fully saturated rings. The Morgan fingerprint density at radius 2 is 1.95 bits per heavy atom. The topological polar surface area (TPSA) is 81.2 Å². The number of anilines is 1. The fourth-order valence-corrected chi connectivity index (χ4v) is 1.44. The van der Waals surface area contributed by atoms with E-state index in [1.165, 1.54) is 6.07 Å². The van der Waals surface area contributed by atoms with Crippen molar-refractivity contribution in [3.63, 3.8) is 0 Å². The summed E-state index contributed by atoms with van der Waals surface area (Å²) in [5.74, 6) is 0. The molecule has 106 valence electrons. The van der Waals surface area contributed by atoms with Crippen molar-refractivity contribution in [2.75, 3.05) is 11.9 Å². The van der Waals surface area contributed by atoms with Gasteiger partial charge in [-0.05, 0) is 26.0 Å². The third-order valence-electron chi connectivity index (χ3n) is 2.49. The van der Waals surface area contributed by atoms with E-state index < -0.39 is 27.9 Å². The van der Waals surface area contributed by atoms with Gasteiger partial charge in [0.05, 0.1) is 4.92 Å². The Bertz CT molecular complexity index is 487. The molecular weight excluding hydrogens is 263 g/mol. The number of hydrogen-bond acceptors (Lipinski definition) is 4. The highest BCUT2D eigenvalue weighted by molar-refractivity contribution is 5.56. The highest BCUT2D eigenvalue weighted by Gasteiger charge is 2.38. The molecule has 0 spiro atoms. The smallest absolute Gasteiger partial charge is 0.379 e. The SMILES string of the molecule is CC(C)(CN)Nc1ccc([N+](=O)[O-])c(C(F)(F)F)c1. The van der Waals surface area contributed by atoms with Crippen molar-refractivity contribution >= 4 is 11.4 Å². The molecule has 0 atom stereocenters. The van der Waals surface area contributed by atoms with E-state index in [1.54, 1.807) is 13.8 Å². The maximum atomic E-state index is 12.7. The zero-order valence-corrected chi connectivity index (χ0v) is 10.4. The minimum atomic E-state index is -4.78. The number of benzene rings is 1. The first-order chi connectivity index (χ1) is 8.57. The molecule has 0 aliphatic heterocycles. The molecule has 0 radical (unpaired) electrons. The van der Waals surface area contributed by atoms with E-state index in [4.69, 9.17) is 5.73 Å².